The minimum absolute atomic E-state index is 0.0616. The summed E-state index contributed by atoms with van der Waals surface area (Å²) in [6, 6.07) is 17.1. The Kier molecular flexibility index (Phi) is 16.1. The molecule has 1 saturated heterocycles. The molecule has 1 saturated carbocycles. The van der Waals surface area contributed by atoms with Gasteiger partial charge in [0.2, 0.25) is 5.91 Å². The molecule has 8 atom stereocenters. The molecule has 2 aromatic carbocycles. The number of benzene rings is 2. The Morgan fingerprint density at radius 3 is 2.42 bits per heavy atom. The molecule has 2 aliphatic rings. The van der Waals surface area contributed by atoms with Crippen LogP contribution in [0, 0.1) is 29.1 Å². The van der Waals surface area contributed by atoms with E-state index in [1.54, 1.807) is 23.7 Å². The standard InChI is InChI=1S/C43H70N4O4S/c1-11-35-22-37(30(4)23-43(35,6)7)44-42(50)41-40(31(5)49)38(28-48)51-47(41)25-33-16-14-15-32(21-33)24-46(26-34-17-12-13-18-39(34)52-10)36(27-45(8)9)20-19-29(2)3/h12-18,21,29-31,35-38,40-41,48-49H,11,19-20,22-28H2,1-10H3,(H,44,50)/t30-,31-,35+,36?,37?,38-,40+,41?/m0/s1. The second-order valence-corrected chi connectivity index (χ2v) is 18.1. The van der Waals surface area contributed by atoms with Crippen LogP contribution >= 0.6 is 11.8 Å². The zero-order chi connectivity index (χ0) is 38.2. The van der Waals surface area contributed by atoms with Crippen LogP contribution in [0.5, 0.6) is 0 Å². The average molecular weight is 739 g/mol. The van der Waals surface area contributed by atoms with Crippen LogP contribution in [-0.4, -0.2) is 94.8 Å². The van der Waals surface area contributed by atoms with E-state index >= 15 is 0 Å². The van der Waals surface area contributed by atoms with E-state index in [4.69, 9.17) is 4.84 Å². The van der Waals surface area contributed by atoms with Crippen molar-refractivity contribution < 1.29 is 19.8 Å². The molecule has 292 valence electrons. The van der Waals surface area contributed by atoms with Crippen molar-refractivity contribution in [1.82, 2.24) is 20.2 Å². The van der Waals surface area contributed by atoms with Crippen molar-refractivity contribution in [2.75, 3.05) is 33.5 Å². The van der Waals surface area contributed by atoms with Crippen molar-refractivity contribution in [1.29, 1.82) is 0 Å². The number of hydroxylamine groups is 2. The summed E-state index contributed by atoms with van der Waals surface area (Å²) < 4.78 is 0. The summed E-state index contributed by atoms with van der Waals surface area (Å²) in [5, 5.41) is 26.4. The van der Waals surface area contributed by atoms with Gasteiger partial charge in [-0.1, -0.05) is 90.4 Å². The van der Waals surface area contributed by atoms with E-state index < -0.39 is 24.2 Å². The quantitative estimate of drug-likeness (QED) is 0.138. The normalized spacial score (nSPS) is 26.3. The topological polar surface area (TPSA) is 88.5 Å². The monoisotopic (exact) mass is 739 g/mol. The highest BCUT2D eigenvalue weighted by atomic mass is 32.2. The van der Waals surface area contributed by atoms with Crippen molar-refractivity contribution in [3.05, 3.63) is 65.2 Å². The molecule has 4 rings (SSSR count). The summed E-state index contributed by atoms with van der Waals surface area (Å²) in [5.74, 6) is 0.829. The SMILES string of the molecule is CC[C@@H]1CC(NC(=O)C2[C@H]([C@H](C)O)[C@H](CO)ON2Cc2cccc(CN(Cc3ccccc3SC)C(CCC(C)C)CN(C)C)c2)[C@@H](C)CC1(C)C. The van der Waals surface area contributed by atoms with Crippen LogP contribution in [0.25, 0.3) is 0 Å². The third-order valence-corrected chi connectivity index (χ3v) is 12.7. The van der Waals surface area contributed by atoms with Gasteiger partial charge in [0.25, 0.3) is 0 Å². The number of hydrogen-bond acceptors (Lipinski definition) is 8. The molecule has 8 nitrogen and oxygen atoms in total. The number of aliphatic hydroxyl groups excluding tert-OH is 2. The van der Waals surface area contributed by atoms with E-state index in [2.05, 4.69) is 126 Å². The Balaban J connectivity index is 1.60. The number of amides is 1. The number of aliphatic hydroxyl groups is 2. The van der Waals surface area contributed by atoms with Gasteiger partial charge in [0, 0.05) is 42.5 Å². The highest BCUT2D eigenvalue weighted by molar-refractivity contribution is 7.98. The van der Waals surface area contributed by atoms with Gasteiger partial charge >= 0.3 is 0 Å². The summed E-state index contributed by atoms with van der Waals surface area (Å²) in [7, 11) is 4.33. The molecule has 9 heteroatoms. The molecule has 2 aromatic rings. The lowest BCUT2D eigenvalue weighted by atomic mass is 9.63. The molecular formula is C43H70N4O4S. The largest absolute Gasteiger partial charge is 0.394 e. The summed E-state index contributed by atoms with van der Waals surface area (Å²) in [5.41, 5.74) is 3.83. The van der Waals surface area contributed by atoms with Crippen molar-refractivity contribution in [2.24, 2.45) is 29.1 Å². The van der Waals surface area contributed by atoms with Gasteiger partial charge in [-0.15, -0.1) is 11.8 Å². The molecular weight excluding hydrogens is 669 g/mol. The van der Waals surface area contributed by atoms with Gasteiger partial charge in [0.15, 0.2) is 0 Å². The number of likely N-dealkylation sites (N-methyl/N-ethyl adjacent to an activating group) is 1. The highest BCUT2D eigenvalue weighted by Gasteiger charge is 2.50. The number of carbonyl (C=O) groups is 1. The predicted molar refractivity (Wildman–Crippen MR) is 215 cm³/mol. The fraction of sp³-hybridized carbons (Fsp3) is 0.698. The summed E-state index contributed by atoms with van der Waals surface area (Å²) >= 11 is 1.80. The van der Waals surface area contributed by atoms with Crippen LogP contribution in [0.2, 0.25) is 0 Å². The number of hydrogen-bond donors (Lipinski definition) is 3. The Labute approximate surface area is 320 Å². The van der Waals surface area contributed by atoms with Crippen LogP contribution in [0.15, 0.2) is 53.4 Å². The molecule has 2 fully saturated rings. The van der Waals surface area contributed by atoms with E-state index in [0.29, 0.717) is 30.3 Å². The summed E-state index contributed by atoms with van der Waals surface area (Å²) in [6.45, 7) is 18.2. The molecule has 1 amide bonds. The molecule has 0 bridgehead atoms. The number of thioether (sulfide) groups is 1. The predicted octanol–water partition coefficient (Wildman–Crippen LogP) is 7.22. The molecule has 1 aliphatic carbocycles. The van der Waals surface area contributed by atoms with Gasteiger partial charge in [0.1, 0.15) is 12.1 Å². The van der Waals surface area contributed by atoms with Gasteiger partial charge in [-0.2, -0.15) is 5.06 Å². The number of carbonyl (C=O) groups excluding carboxylic acids is 1. The lowest BCUT2D eigenvalue weighted by molar-refractivity contribution is -0.182. The molecule has 1 aliphatic heterocycles. The third-order valence-electron chi connectivity index (χ3n) is 11.8. The van der Waals surface area contributed by atoms with Gasteiger partial charge in [0.05, 0.1) is 19.3 Å². The molecule has 52 heavy (non-hydrogen) atoms. The first-order valence-corrected chi connectivity index (χ1v) is 21.0. The fourth-order valence-corrected chi connectivity index (χ4v) is 9.61. The lowest BCUT2D eigenvalue weighted by Gasteiger charge is -2.46. The van der Waals surface area contributed by atoms with E-state index in [-0.39, 0.29) is 24.0 Å². The van der Waals surface area contributed by atoms with Crippen LogP contribution in [0.1, 0.15) is 97.3 Å². The van der Waals surface area contributed by atoms with Gasteiger partial charge < -0.3 is 20.4 Å². The Hall–Kier alpha value is -1.98. The minimum atomic E-state index is -0.826. The van der Waals surface area contributed by atoms with Crippen LogP contribution in [0.3, 0.4) is 0 Å². The number of nitrogens with zero attached hydrogens (tertiary/aromatic N) is 3. The average Bonchev–Trinajstić information content (AvgIpc) is 3.46. The molecule has 0 radical (unpaired) electrons. The van der Waals surface area contributed by atoms with Crippen molar-refractivity contribution in [3.63, 3.8) is 0 Å². The highest BCUT2D eigenvalue weighted by Crippen LogP contribution is 2.45. The van der Waals surface area contributed by atoms with Crippen LogP contribution < -0.4 is 5.32 Å². The van der Waals surface area contributed by atoms with Crippen molar-refractivity contribution in [3.8, 4) is 0 Å². The molecule has 1 heterocycles. The van der Waals surface area contributed by atoms with Gasteiger partial charge in [-0.3, -0.25) is 14.5 Å². The number of nitrogens with one attached hydrogen (secondary N) is 1. The zero-order valence-corrected chi connectivity index (χ0v) is 34.7. The zero-order valence-electron chi connectivity index (χ0n) is 33.8. The van der Waals surface area contributed by atoms with Crippen LogP contribution in [-0.2, 0) is 29.3 Å². The maximum absolute atomic E-state index is 14.3. The second-order valence-electron chi connectivity index (χ2n) is 17.2. The Morgan fingerprint density at radius 2 is 1.79 bits per heavy atom. The van der Waals surface area contributed by atoms with Crippen LogP contribution in [0.4, 0.5) is 0 Å². The summed E-state index contributed by atoms with van der Waals surface area (Å²) in [6.07, 6.45) is 6.03. The van der Waals surface area contributed by atoms with Gasteiger partial charge in [-0.25, -0.2) is 0 Å². The molecule has 0 aromatic heterocycles. The second kappa shape index (κ2) is 19.6. The number of rotatable bonds is 18. The smallest absolute Gasteiger partial charge is 0.240 e. The van der Waals surface area contributed by atoms with Crippen molar-refractivity contribution in [2.45, 2.75) is 135 Å². The first-order chi connectivity index (χ1) is 24.7. The van der Waals surface area contributed by atoms with Crippen molar-refractivity contribution >= 4 is 17.7 Å². The van der Waals surface area contributed by atoms with E-state index in [0.717, 1.165) is 50.9 Å². The van der Waals surface area contributed by atoms with E-state index in [1.807, 2.05) is 0 Å². The first-order valence-electron chi connectivity index (χ1n) is 19.8. The van der Waals surface area contributed by atoms with E-state index in [9.17, 15) is 15.0 Å². The summed E-state index contributed by atoms with van der Waals surface area (Å²) in [4.78, 5) is 26.8. The first kappa shape index (κ1) is 42.8. The fourth-order valence-electron chi connectivity index (χ4n) is 9.00. The molecule has 0 spiro atoms. The molecule has 3 N–H and O–H groups in total. The van der Waals surface area contributed by atoms with E-state index in [1.165, 1.54) is 22.4 Å². The van der Waals surface area contributed by atoms with Gasteiger partial charge in [-0.05, 0) is 98.9 Å². The maximum atomic E-state index is 14.3. The Morgan fingerprint density at radius 1 is 1.08 bits per heavy atom. The maximum Gasteiger partial charge on any atom is 0.240 e. The third kappa shape index (κ3) is 11.3. The minimum Gasteiger partial charge on any atom is -0.394 e. The lowest BCUT2D eigenvalue weighted by Crippen LogP contribution is -2.55. The molecule has 3 unspecified atom stereocenters. The Bertz CT molecular complexity index is 1400.